The molecule has 1 heterocycles. The van der Waals surface area contributed by atoms with E-state index in [9.17, 15) is 9.59 Å². The van der Waals surface area contributed by atoms with Crippen LogP contribution in [0.3, 0.4) is 0 Å². The van der Waals surface area contributed by atoms with Crippen LogP contribution in [0.25, 0.3) is 0 Å². The van der Waals surface area contributed by atoms with Crippen LogP contribution in [-0.2, 0) is 11.3 Å². The summed E-state index contributed by atoms with van der Waals surface area (Å²) in [5.74, 6) is 0.559. The Bertz CT molecular complexity index is 531. The molecule has 1 fully saturated rings. The molecule has 1 aliphatic heterocycles. The molecular formula is C16H23N3O3. The molecule has 6 nitrogen and oxygen atoms in total. The second-order valence-corrected chi connectivity index (χ2v) is 5.80. The van der Waals surface area contributed by atoms with E-state index in [0.717, 1.165) is 12.0 Å². The molecule has 0 bridgehead atoms. The molecule has 0 spiro atoms. The number of rotatable bonds is 6. The number of anilines is 1. The van der Waals surface area contributed by atoms with Crippen LogP contribution in [0, 0.1) is 5.92 Å². The Hall–Kier alpha value is -2.24. The number of benzene rings is 1. The maximum absolute atomic E-state index is 11.8. The van der Waals surface area contributed by atoms with E-state index in [-0.39, 0.29) is 12.1 Å². The van der Waals surface area contributed by atoms with Crippen molar-refractivity contribution in [2.75, 3.05) is 25.0 Å². The van der Waals surface area contributed by atoms with E-state index < -0.39 is 0 Å². The minimum Gasteiger partial charge on any atom is -0.448 e. The molecule has 2 N–H and O–H groups in total. The van der Waals surface area contributed by atoms with Crippen LogP contribution in [-0.4, -0.2) is 36.7 Å². The van der Waals surface area contributed by atoms with Gasteiger partial charge in [-0.1, -0.05) is 26.0 Å². The normalized spacial score (nSPS) is 14.1. The summed E-state index contributed by atoms with van der Waals surface area (Å²) in [6.45, 7) is 6.42. The van der Waals surface area contributed by atoms with Gasteiger partial charge in [0.05, 0.1) is 6.54 Å². The summed E-state index contributed by atoms with van der Waals surface area (Å²) >= 11 is 0. The van der Waals surface area contributed by atoms with Gasteiger partial charge in [0, 0.05) is 18.8 Å². The Morgan fingerprint density at radius 1 is 1.41 bits per heavy atom. The lowest BCUT2D eigenvalue weighted by Crippen LogP contribution is -2.30. The fourth-order valence-corrected chi connectivity index (χ4v) is 2.19. The molecule has 120 valence electrons. The molecule has 0 unspecified atom stereocenters. The largest absolute Gasteiger partial charge is 0.448 e. The summed E-state index contributed by atoms with van der Waals surface area (Å²) < 4.78 is 4.90. The number of carbonyl (C=O) groups is 2. The minimum absolute atomic E-state index is 0.210. The van der Waals surface area contributed by atoms with E-state index in [1.54, 1.807) is 4.90 Å². The third kappa shape index (κ3) is 4.95. The number of amides is 3. The van der Waals surface area contributed by atoms with Gasteiger partial charge in [-0.05, 0) is 30.0 Å². The standard InChI is InChI=1S/C16H23N3O3/c1-12(2)6-7-17-15(20)18-14-5-3-4-13(10-14)11-19-8-9-22-16(19)21/h3-5,10,12H,6-9,11H2,1-2H3,(H2,17,18,20). The molecule has 0 atom stereocenters. The number of carbonyl (C=O) groups excluding carboxylic acids is 2. The van der Waals surface area contributed by atoms with Crippen LogP contribution in [0.2, 0.25) is 0 Å². The molecule has 1 aromatic rings. The minimum atomic E-state index is -0.287. The second-order valence-electron chi connectivity index (χ2n) is 5.80. The van der Waals surface area contributed by atoms with Gasteiger partial charge in [-0.15, -0.1) is 0 Å². The van der Waals surface area contributed by atoms with Crippen molar-refractivity contribution >= 4 is 17.8 Å². The Morgan fingerprint density at radius 3 is 2.91 bits per heavy atom. The average molecular weight is 305 g/mol. The van der Waals surface area contributed by atoms with Crippen molar-refractivity contribution in [2.24, 2.45) is 5.92 Å². The van der Waals surface area contributed by atoms with E-state index in [1.165, 1.54) is 0 Å². The van der Waals surface area contributed by atoms with Gasteiger partial charge in [-0.3, -0.25) is 0 Å². The molecule has 0 radical (unpaired) electrons. The molecular weight excluding hydrogens is 282 g/mol. The lowest BCUT2D eigenvalue weighted by atomic mass is 10.1. The molecule has 0 aromatic heterocycles. The molecule has 0 aliphatic carbocycles. The van der Waals surface area contributed by atoms with Gasteiger partial charge in [0.25, 0.3) is 0 Å². The van der Waals surface area contributed by atoms with E-state index in [4.69, 9.17) is 4.74 Å². The maximum atomic E-state index is 11.8. The third-order valence-corrected chi connectivity index (χ3v) is 3.41. The Morgan fingerprint density at radius 2 is 2.23 bits per heavy atom. The molecule has 0 saturated carbocycles. The summed E-state index contributed by atoms with van der Waals surface area (Å²) in [6, 6.07) is 7.27. The van der Waals surface area contributed by atoms with Crippen LogP contribution in [0.4, 0.5) is 15.3 Å². The van der Waals surface area contributed by atoms with Crippen molar-refractivity contribution in [2.45, 2.75) is 26.8 Å². The number of ether oxygens (including phenoxy) is 1. The second kappa shape index (κ2) is 7.68. The highest BCUT2D eigenvalue weighted by atomic mass is 16.6. The molecule has 22 heavy (non-hydrogen) atoms. The van der Waals surface area contributed by atoms with Crippen molar-refractivity contribution in [1.29, 1.82) is 0 Å². The highest BCUT2D eigenvalue weighted by Crippen LogP contribution is 2.15. The summed E-state index contributed by atoms with van der Waals surface area (Å²) in [5, 5.41) is 5.63. The Balaban J connectivity index is 1.85. The summed E-state index contributed by atoms with van der Waals surface area (Å²) in [6.07, 6.45) is 0.662. The third-order valence-electron chi connectivity index (χ3n) is 3.41. The monoisotopic (exact) mass is 305 g/mol. The summed E-state index contributed by atoms with van der Waals surface area (Å²) in [5.41, 5.74) is 1.67. The van der Waals surface area contributed by atoms with Crippen molar-refractivity contribution < 1.29 is 14.3 Å². The smallest absolute Gasteiger partial charge is 0.410 e. The van der Waals surface area contributed by atoms with Gasteiger partial charge in [-0.2, -0.15) is 0 Å². The lowest BCUT2D eigenvalue weighted by Gasteiger charge is -2.14. The van der Waals surface area contributed by atoms with E-state index in [2.05, 4.69) is 24.5 Å². The SMILES string of the molecule is CC(C)CCNC(=O)Nc1cccc(CN2CCOC2=O)c1. The Kier molecular flexibility index (Phi) is 5.63. The van der Waals surface area contributed by atoms with Gasteiger partial charge in [0.2, 0.25) is 0 Å². The molecule has 1 aliphatic rings. The van der Waals surface area contributed by atoms with Crippen molar-refractivity contribution in [3.8, 4) is 0 Å². The maximum Gasteiger partial charge on any atom is 0.410 e. The highest BCUT2D eigenvalue weighted by Gasteiger charge is 2.21. The lowest BCUT2D eigenvalue weighted by molar-refractivity contribution is 0.157. The van der Waals surface area contributed by atoms with Crippen molar-refractivity contribution in [3.05, 3.63) is 29.8 Å². The van der Waals surface area contributed by atoms with Crippen LogP contribution >= 0.6 is 0 Å². The fourth-order valence-electron chi connectivity index (χ4n) is 2.19. The van der Waals surface area contributed by atoms with E-state index in [1.807, 2.05) is 24.3 Å². The number of urea groups is 1. The first kappa shape index (κ1) is 16.1. The number of nitrogens with zero attached hydrogens (tertiary/aromatic N) is 1. The number of cyclic esters (lactones) is 1. The molecule has 3 amide bonds. The van der Waals surface area contributed by atoms with E-state index in [0.29, 0.717) is 37.8 Å². The van der Waals surface area contributed by atoms with Crippen molar-refractivity contribution in [3.63, 3.8) is 0 Å². The number of nitrogens with one attached hydrogen (secondary N) is 2. The first-order valence-corrected chi connectivity index (χ1v) is 7.60. The van der Waals surface area contributed by atoms with Gasteiger partial charge < -0.3 is 20.3 Å². The molecule has 6 heteroatoms. The average Bonchev–Trinajstić information content (AvgIpc) is 2.84. The van der Waals surface area contributed by atoms with Gasteiger partial charge in [0.15, 0.2) is 0 Å². The van der Waals surface area contributed by atoms with Crippen LogP contribution in [0.5, 0.6) is 0 Å². The van der Waals surface area contributed by atoms with Gasteiger partial charge in [0.1, 0.15) is 6.61 Å². The van der Waals surface area contributed by atoms with Crippen LogP contribution in [0.15, 0.2) is 24.3 Å². The van der Waals surface area contributed by atoms with Gasteiger partial charge in [-0.25, -0.2) is 9.59 Å². The first-order valence-electron chi connectivity index (χ1n) is 7.60. The Labute approximate surface area is 130 Å². The molecule has 1 saturated heterocycles. The zero-order valence-corrected chi connectivity index (χ0v) is 13.1. The number of hydrogen-bond donors (Lipinski definition) is 2. The van der Waals surface area contributed by atoms with Crippen LogP contribution in [0.1, 0.15) is 25.8 Å². The fraction of sp³-hybridized carbons (Fsp3) is 0.500. The van der Waals surface area contributed by atoms with Gasteiger partial charge >= 0.3 is 12.1 Å². The summed E-state index contributed by atoms with van der Waals surface area (Å²) in [4.78, 5) is 24.9. The summed E-state index contributed by atoms with van der Waals surface area (Å²) in [7, 11) is 0. The highest BCUT2D eigenvalue weighted by molar-refractivity contribution is 5.89. The van der Waals surface area contributed by atoms with Crippen LogP contribution < -0.4 is 10.6 Å². The quantitative estimate of drug-likeness (QED) is 0.849. The topological polar surface area (TPSA) is 70.7 Å². The predicted molar refractivity (Wildman–Crippen MR) is 84.7 cm³/mol. The molecule has 2 rings (SSSR count). The zero-order valence-electron chi connectivity index (χ0n) is 13.1. The first-order chi connectivity index (χ1) is 10.5. The number of hydrogen-bond acceptors (Lipinski definition) is 3. The zero-order chi connectivity index (χ0) is 15.9. The van der Waals surface area contributed by atoms with E-state index >= 15 is 0 Å². The van der Waals surface area contributed by atoms with Crippen molar-refractivity contribution in [1.82, 2.24) is 10.2 Å². The molecule has 1 aromatic carbocycles. The predicted octanol–water partition coefficient (Wildman–Crippen LogP) is 2.81.